The summed E-state index contributed by atoms with van der Waals surface area (Å²) in [5.41, 5.74) is 7.82. The molecular formula is C14H21N3O3S. The molecule has 116 valence electrons. The Morgan fingerprint density at radius 2 is 2.10 bits per heavy atom. The van der Waals surface area contributed by atoms with Crippen molar-refractivity contribution in [2.24, 2.45) is 0 Å². The first-order chi connectivity index (χ1) is 9.93. The van der Waals surface area contributed by atoms with Crippen molar-refractivity contribution < 1.29 is 13.2 Å². The molecule has 1 aromatic carbocycles. The highest BCUT2D eigenvalue weighted by Crippen LogP contribution is 2.26. The number of amides is 1. The highest BCUT2D eigenvalue weighted by molar-refractivity contribution is 7.91. The minimum absolute atomic E-state index is 0.123. The van der Waals surface area contributed by atoms with E-state index in [9.17, 15) is 13.2 Å². The maximum absolute atomic E-state index is 11.9. The van der Waals surface area contributed by atoms with Gasteiger partial charge in [0.05, 0.1) is 22.9 Å². The number of hydrogen-bond acceptors (Lipinski definition) is 5. The van der Waals surface area contributed by atoms with Crippen LogP contribution in [0.25, 0.3) is 0 Å². The average molecular weight is 311 g/mol. The summed E-state index contributed by atoms with van der Waals surface area (Å²) in [6, 6.07) is 5.11. The van der Waals surface area contributed by atoms with E-state index < -0.39 is 9.84 Å². The number of carbonyl (C=O) groups excluding carboxylic acids is 1. The van der Waals surface area contributed by atoms with Gasteiger partial charge in [-0.1, -0.05) is 0 Å². The van der Waals surface area contributed by atoms with Crippen molar-refractivity contribution in [3.63, 3.8) is 0 Å². The van der Waals surface area contributed by atoms with Crippen molar-refractivity contribution in [1.82, 2.24) is 5.32 Å². The van der Waals surface area contributed by atoms with Gasteiger partial charge in [0.25, 0.3) is 5.91 Å². The maximum Gasteiger partial charge on any atom is 0.251 e. The largest absolute Gasteiger partial charge is 0.397 e. The molecule has 0 unspecified atom stereocenters. The maximum atomic E-state index is 11.9. The topological polar surface area (TPSA) is 92.5 Å². The highest BCUT2D eigenvalue weighted by Gasteiger charge is 2.21. The van der Waals surface area contributed by atoms with Crippen molar-refractivity contribution >= 4 is 27.1 Å². The van der Waals surface area contributed by atoms with Crippen LogP contribution in [0, 0.1) is 0 Å². The number of sulfone groups is 1. The second-order valence-corrected chi connectivity index (χ2v) is 7.43. The second kappa shape index (κ2) is 6.34. The van der Waals surface area contributed by atoms with E-state index in [2.05, 4.69) is 5.32 Å². The Kier molecular flexibility index (Phi) is 4.72. The summed E-state index contributed by atoms with van der Waals surface area (Å²) >= 11 is 0. The van der Waals surface area contributed by atoms with E-state index in [-0.39, 0.29) is 17.4 Å². The van der Waals surface area contributed by atoms with Crippen LogP contribution in [0.5, 0.6) is 0 Å². The number of nitrogens with two attached hydrogens (primary N) is 1. The number of benzene rings is 1. The molecule has 7 heteroatoms. The number of rotatable bonds is 3. The fourth-order valence-electron chi connectivity index (χ4n) is 2.40. The molecule has 0 radical (unpaired) electrons. The molecular weight excluding hydrogens is 290 g/mol. The second-order valence-electron chi connectivity index (χ2n) is 5.13. The molecule has 1 aliphatic heterocycles. The van der Waals surface area contributed by atoms with Crippen LogP contribution in [-0.2, 0) is 9.84 Å². The number of anilines is 2. The molecule has 1 saturated heterocycles. The van der Waals surface area contributed by atoms with Gasteiger partial charge in [0.2, 0.25) is 0 Å². The third kappa shape index (κ3) is 3.87. The van der Waals surface area contributed by atoms with Crippen LogP contribution in [0.1, 0.15) is 23.7 Å². The standard InChI is InChI=1S/C14H21N3O3S/c1-2-16-14(18)11-4-5-12(15)13(10-11)17-6-3-8-21(19,20)9-7-17/h4-5,10H,2-3,6-9,15H2,1H3,(H,16,18). The molecule has 0 aliphatic carbocycles. The van der Waals surface area contributed by atoms with E-state index >= 15 is 0 Å². The Morgan fingerprint density at radius 1 is 1.33 bits per heavy atom. The number of nitrogens with one attached hydrogen (secondary N) is 1. The first-order valence-electron chi connectivity index (χ1n) is 7.06. The quantitative estimate of drug-likeness (QED) is 0.799. The van der Waals surface area contributed by atoms with Crippen molar-refractivity contribution in [3.8, 4) is 0 Å². The molecule has 0 aromatic heterocycles. The van der Waals surface area contributed by atoms with Gasteiger partial charge in [0, 0.05) is 25.2 Å². The van der Waals surface area contributed by atoms with Crippen molar-refractivity contribution in [2.75, 3.05) is 41.8 Å². The molecule has 21 heavy (non-hydrogen) atoms. The smallest absolute Gasteiger partial charge is 0.251 e. The van der Waals surface area contributed by atoms with Crippen molar-refractivity contribution in [1.29, 1.82) is 0 Å². The first-order valence-corrected chi connectivity index (χ1v) is 8.88. The lowest BCUT2D eigenvalue weighted by Crippen LogP contribution is -2.28. The lowest BCUT2D eigenvalue weighted by atomic mass is 10.1. The Labute approximate surface area is 125 Å². The lowest BCUT2D eigenvalue weighted by molar-refractivity contribution is 0.0956. The Morgan fingerprint density at radius 3 is 2.81 bits per heavy atom. The highest BCUT2D eigenvalue weighted by atomic mass is 32.2. The van der Waals surface area contributed by atoms with Crippen LogP contribution in [-0.4, -0.2) is 45.5 Å². The summed E-state index contributed by atoms with van der Waals surface area (Å²) in [7, 11) is -2.97. The van der Waals surface area contributed by atoms with Gasteiger partial charge in [0.15, 0.2) is 9.84 Å². The zero-order chi connectivity index (χ0) is 15.5. The number of nitrogens with zero attached hydrogens (tertiary/aromatic N) is 1. The van der Waals surface area contributed by atoms with Gasteiger partial charge in [-0.2, -0.15) is 0 Å². The Hall–Kier alpha value is -1.76. The molecule has 3 N–H and O–H groups in total. The van der Waals surface area contributed by atoms with Crippen molar-refractivity contribution in [3.05, 3.63) is 23.8 Å². The van der Waals surface area contributed by atoms with E-state index in [1.165, 1.54) is 0 Å². The molecule has 1 aliphatic rings. The van der Waals surface area contributed by atoms with Gasteiger partial charge in [-0.25, -0.2) is 8.42 Å². The van der Waals surface area contributed by atoms with Gasteiger partial charge in [-0.15, -0.1) is 0 Å². The normalized spacial score (nSPS) is 18.0. The SMILES string of the molecule is CCNC(=O)c1ccc(N)c(N2CCCS(=O)(=O)CC2)c1. The van der Waals surface area contributed by atoms with Gasteiger partial charge in [-0.05, 0) is 31.5 Å². The van der Waals surface area contributed by atoms with E-state index in [1.807, 2.05) is 11.8 Å². The third-order valence-corrected chi connectivity index (χ3v) is 5.24. The summed E-state index contributed by atoms with van der Waals surface area (Å²) < 4.78 is 23.3. The average Bonchev–Trinajstić information content (AvgIpc) is 2.60. The van der Waals surface area contributed by atoms with Gasteiger partial charge in [0.1, 0.15) is 0 Å². The van der Waals surface area contributed by atoms with Crippen LogP contribution >= 0.6 is 0 Å². The zero-order valence-corrected chi connectivity index (χ0v) is 12.9. The number of hydrogen-bond donors (Lipinski definition) is 2. The first kappa shape index (κ1) is 15.6. The van der Waals surface area contributed by atoms with E-state index in [0.29, 0.717) is 37.3 Å². The molecule has 0 saturated carbocycles. The van der Waals surface area contributed by atoms with Crippen LogP contribution in [0.15, 0.2) is 18.2 Å². The molecule has 2 rings (SSSR count). The van der Waals surface area contributed by atoms with Crippen LogP contribution in [0.3, 0.4) is 0 Å². The minimum Gasteiger partial charge on any atom is -0.397 e. The monoisotopic (exact) mass is 311 g/mol. The van der Waals surface area contributed by atoms with Crippen LogP contribution in [0.4, 0.5) is 11.4 Å². The molecule has 1 amide bonds. The zero-order valence-electron chi connectivity index (χ0n) is 12.1. The Bertz CT molecular complexity index is 628. The predicted molar refractivity (Wildman–Crippen MR) is 84.3 cm³/mol. The molecule has 6 nitrogen and oxygen atoms in total. The van der Waals surface area contributed by atoms with E-state index in [4.69, 9.17) is 5.73 Å². The van der Waals surface area contributed by atoms with Gasteiger partial charge in [-0.3, -0.25) is 4.79 Å². The van der Waals surface area contributed by atoms with Crippen LogP contribution < -0.4 is 16.0 Å². The van der Waals surface area contributed by atoms with Gasteiger partial charge < -0.3 is 16.0 Å². The number of carbonyl (C=O) groups is 1. The summed E-state index contributed by atoms with van der Waals surface area (Å²) in [4.78, 5) is 13.8. The molecule has 0 atom stereocenters. The van der Waals surface area contributed by atoms with E-state index in [0.717, 1.165) is 5.69 Å². The molecule has 1 aromatic rings. The predicted octanol–water partition coefficient (Wildman–Crippen LogP) is 0.643. The summed E-state index contributed by atoms with van der Waals surface area (Å²) in [5.74, 6) is 0.179. The summed E-state index contributed by atoms with van der Waals surface area (Å²) in [6.07, 6.45) is 0.577. The molecule has 0 bridgehead atoms. The fraction of sp³-hybridized carbons (Fsp3) is 0.500. The van der Waals surface area contributed by atoms with Crippen molar-refractivity contribution in [2.45, 2.75) is 13.3 Å². The Balaban J connectivity index is 2.26. The fourth-order valence-corrected chi connectivity index (χ4v) is 3.67. The number of nitrogen functional groups attached to an aromatic ring is 1. The molecule has 1 heterocycles. The lowest BCUT2D eigenvalue weighted by Gasteiger charge is -2.24. The minimum atomic E-state index is -2.97. The summed E-state index contributed by atoms with van der Waals surface area (Å²) in [6.45, 7) is 3.45. The van der Waals surface area contributed by atoms with Crippen LogP contribution in [0.2, 0.25) is 0 Å². The summed E-state index contributed by atoms with van der Waals surface area (Å²) in [5, 5.41) is 2.74. The third-order valence-electron chi connectivity index (χ3n) is 3.53. The molecule has 0 spiro atoms. The van der Waals surface area contributed by atoms with Gasteiger partial charge >= 0.3 is 0 Å². The molecule has 1 fully saturated rings. The van der Waals surface area contributed by atoms with E-state index in [1.54, 1.807) is 18.2 Å².